The lowest BCUT2D eigenvalue weighted by Crippen LogP contribution is -2.45. The van der Waals surface area contributed by atoms with Gasteiger partial charge < -0.3 is 15.2 Å². The van der Waals surface area contributed by atoms with Crippen molar-refractivity contribution in [1.29, 1.82) is 0 Å². The summed E-state index contributed by atoms with van der Waals surface area (Å²) >= 11 is 0. The summed E-state index contributed by atoms with van der Waals surface area (Å²) in [6.45, 7) is 4.62. The van der Waals surface area contributed by atoms with Crippen LogP contribution in [0, 0.1) is 12.8 Å². The summed E-state index contributed by atoms with van der Waals surface area (Å²) in [5.41, 5.74) is 9.28. The average molecular weight is 289 g/mol. The molecular formula is C18H27NO2. The highest BCUT2D eigenvalue weighted by molar-refractivity contribution is 5.25. The molecule has 2 fully saturated rings. The molecule has 2 aliphatic rings. The highest BCUT2D eigenvalue weighted by Gasteiger charge is 2.42. The van der Waals surface area contributed by atoms with Crippen LogP contribution in [0.3, 0.4) is 0 Å². The Hall–Kier alpha value is -0.900. The first-order valence-electron chi connectivity index (χ1n) is 8.20. The van der Waals surface area contributed by atoms with Gasteiger partial charge >= 0.3 is 0 Å². The van der Waals surface area contributed by atoms with Gasteiger partial charge in [-0.1, -0.05) is 24.3 Å². The number of hydrogen-bond donors (Lipinski definition) is 1. The lowest BCUT2D eigenvalue weighted by Gasteiger charge is -2.39. The zero-order chi connectivity index (χ0) is 14.7. The Bertz CT molecular complexity index is 468. The summed E-state index contributed by atoms with van der Waals surface area (Å²) in [7, 11) is 0. The van der Waals surface area contributed by atoms with Crippen LogP contribution in [-0.4, -0.2) is 31.5 Å². The molecule has 2 N–H and O–H groups in total. The molecule has 0 saturated carbocycles. The van der Waals surface area contributed by atoms with Crippen LogP contribution in [0.4, 0.5) is 0 Å². The molecule has 3 heteroatoms. The van der Waals surface area contributed by atoms with Crippen molar-refractivity contribution in [1.82, 2.24) is 0 Å². The molecule has 1 aromatic carbocycles. The number of rotatable bonds is 4. The van der Waals surface area contributed by atoms with Gasteiger partial charge in [0, 0.05) is 25.7 Å². The molecule has 116 valence electrons. The van der Waals surface area contributed by atoms with Gasteiger partial charge in [0.2, 0.25) is 0 Å². The van der Waals surface area contributed by atoms with E-state index in [1.54, 1.807) is 0 Å². The molecule has 2 saturated heterocycles. The van der Waals surface area contributed by atoms with Gasteiger partial charge in [-0.2, -0.15) is 0 Å². The largest absolute Gasteiger partial charge is 0.378 e. The van der Waals surface area contributed by atoms with Gasteiger partial charge in [0.25, 0.3) is 0 Å². The quantitative estimate of drug-likeness (QED) is 0.927. The second kappa shape index (κ2) is 6.47. The predicted molar refractivity (Wildman–Crippen MR) is 84.3 cm³/mol. The molecule has 1 spiro atoms. The van der Waals surface area contributed by atoms with E-state index in [0.29, 0.717) is 5.92 Å². The normalized spacial score (nSPS) is 30.7. The third-order valence-electron chi connectivity index (χ3n) is 5.21. The summed E-state index contributed by atoms with van der Waals surface area (Å²) in [4.78, 5) is 0. The standard InChI is InChI=1S/C18H27NO2/c1-14-4-2-3-5-15(14)6-7-17(19)16-8-10-21-18(12-16)9-11-20-13-18/h2-5,16-17H,6-13,19H2,1H3. The van der Waals surface area contributed by atoms with Crippen LogP contribution in [0.25, 0.3) is 0 Å². The molecule has 0 aliphatic carbocycles. The van der Waals surface area contributed by atoms with Crippen molar-refractivity contribution in [3.05, 3.63) is 35.4 Å². The van der Waals surface area contributed by atoms with Crippen molar-refractivity contribution in [2.24, 2.45) is 11.7 Å². The Labute approximate surface area is 127 Å². The van der Waals surface area contributed by atoms with Gasteiger partial charge in [-0.3, -0.25) is 0 Å². The van der Waals surface area contributed by atoms with Gasteiger partial charge in [-0.05, 0) is 49.7 Å². The fourth-order valence-corrected chi connectivity index (χ4v) is 3.74. The van der Waals surface area contributed by atoms with Crippen molar-refractivity contribution in [3.8, 4) is 0 Å². The molecule has 0 bridgehead atoms. The van der Waals surface area contributed by atoms with Crippen LogP contribution >= 0.6 is 0 Å². The van der Waals surface area contributed by atoms with Gasteiger partial charge in [0.15, 0.2) is 0 Å². The van der Waals surface area contributed by atoms with Crippen LogP contribution in [0.15, 0.2) is 24.3 Å². The second-order valence-electron chi connectivity index (χ2n) is 6.72. The van der Waals surface area contributed by atoms with E-state index in [4.69, 9.17) is 15.2 Å². The van der Waals surface area contributed by atoms with Crippen molar-refractivity contribution < 1.29 is 9.47 Å². The van der Waals surface area contributed by atoms with Crippen LogP contribution in [0.5, 0.6) is 0 Å². The van der Waals surface area contributed by atoms with E-state index in [0.717, 1.165) is 51.9 Å². The monoisotopic (exact) mass is 289 g/mol. The predicted octanol–water partition coefficient (Wildman–Crippen LogP) is 2.84. The lowest BCUT2D eigenvalue weighted by molar-refractivity contribution is -0.101. The molecule has 3 nitrogen and oxygen atoms in total. The van der Waals surface area contributed by atoms with E-state index >= 15 is 0 Å². The minimum atomic E-state index is -0.0246. The summed E-state index contributed by atoms with van der Waals surface area (Å²) in [6, 6.07) is 8.89. The summed E-state index contributed by atoms with van der Waals surface area (Å²) in [5, 5.41) is 0. The minimum Gasteiger partial charge on any atom is -0.378 e. The maximum atomic E-state index is 6.50. The molecular weight excluding hydrogens is 262 g/mol. The van der Waals surface area contributed by atoms with Crippen molar-refractivity contribution in [2.75, 3.05) is 19.8 Å². The Kier molecular flexibility index (Phi) is 4.63. The SMILES string of the molecule is Cc1ccccc1CCC(N)C1CCOC2(CCOC2)C1. The van der Waals surface area contributed by atoms with E-state index in [1.165, 1.54) is 11.1 Å². The van der Waals surface area contributed by atoms with Crippen molar-refractivity contribution in [3.63, 3.8) is 0 Å². The second-order valence-corrected chi connectivity index (χ2v) is 6.72. The van der Waals surface area contributed by atoms with E-state index in [2.05, 4.69) is 31.2 Å². The highest BCUT2D eigenvalue weighted by atomic mass is 16.6. The first-order chi connectivity index (χ1) is 10.2. The molecule has 2 heterocycles. The zero-order valence-corrected chi connectivity index (χ0v) is 13.0. The Morgan fingerprint density at radius 3 is 2.95 bits per heavy atom. The minimum absolute atomic E-state index is 0.0246. The van der Waals surface area contributed by atoms with E-state index in [1.807, 2.05) is 0 Å². The molecule has 3 atom stereocenters. The molecule has 0 radical (unpaired) electrons. The number of hydrogen-bond acceptors (Lipinski definition) is 3. The molecule has 3 rings (SSSR count). The summed E-state index contributed by atoms with van der Waals surface area (Å²) < 4.78 is 11.6. The van der Waals surface area contributed by atoms with Crippen LogP contribution in [-0.2, 0) is 15.9 Å². The van der Waals surface area contributed by atoms with Gasteiger partial charge in [0.05, 0.1) is 12.2 Å². The average Bonchev–Trinajstić information content (AvgIpc) is 2.94. The molecule has 2 aliphatic heterocycles. The Morgan fingerprint density at radius 2 is 2.19 bits per heavy atom. The highest BCUT2D eigenvalue weighted by Crippen LogP contribution is 2.37. The summed E-state index contributed by atoms with van der Waals surface area (Å²) in [6.07, 6.45) is 5.34. The third kappa shape index (κ3) is 3.47. The van der Waals surface area contributed by atoms with Gasteiger partial charge in [-0.15, -0.1) is 0 Å². The molecule has 3 unspecified atom stereocenters. The molecule has 21 heavy (non-hydrogen) atoms. The first kappa shape index (κ1) is 15.0. The van der Waals surface area contributed by atoms with Gasteiger partial charge in [0.1, 0.15) is 0 Å². The maximum Gasteiger partial charge on any atom is 0.0939 e. The number of aryl methyl sites for hydroxylation is 2. The van der Waals surface area contributed by atoms with E-state index < -0.39 is 0 Å². The van der Waals surface area contributed by atoms with E-state index in [-0.39, 0.29) is 11.6 Å². The van der Waals surface area contributed by atoms with Crippen molar-refractivity contribution in [2.45, 2.75) is 50.7 Å². The lowest BCUT2D eigenvalue weighted by atomic mass is 9.80. The topological polar surface area (TPSA) is 44.5 Å². The molecule has 0 aromatic heterocycles. The fraction of sp³-hybridized carbons (Fsp3) is 0.667. The summed E-state index contributed by atoms with van der Waals surface area (Å²) in [5.74, 6) is 0.574. The number of nitrogens with two attached hydrogens (primary N) is 1. The zero-order valence-electron chi connectivity index (χ0n) is 13.0. The van der Waals surface area contributed by atoms with Gasteiger partial charge in [-0.25, -0.2) is 0 Å². The fourth-order valence-electron chi connectivity index (χ4n) is 3.74. The Morgan fingerprint density at radius 1 is 1.33 bits per heavy atom. The smallest absolute Gasteiger partial charge is 0.0939 e. The van der Waals surface area contributed by atoms with Crippen LogP contribution in [0.2, 0.25) is 0 Å². The van der Waals surface area contributed by atoms with Crippen LogP contribution < -0.4 is 5.73 Å². The third-order valence-corrected chi connectivity index (χ3v) is 5.21. The first-order valence-corrected chi connectivity index (χ1v) is 8.20. The van der Waals surface area contributed by atoms with E-state index in [9.17, 15) is 0 Å². The number of benzene rings is 1. The van der Waals surface area contributed by atoms with Crippen LogP contribution in [0.1, 0.15) is 36.8 Å². The Balaban J connectivity index is 1.55. The molecule has 0 amide bonds. The maximum absolute atomic E-state index is 6.50. The molecule has 1 aromatic rings. The van der Waals surface area contributed by atoms with Crippen molar-refractivity contribution >= 4 is 0 Å². The number of ether oxygens (including phenoxy) is 2.